The third-order valence-electron chi connectivity index (χ3n) is 11.2. The second kappa shape index (κ2) is 11.6. The second-order valence-corrected chi connectivity index (χ2v) is 14.7. The third kappa shape index (κ3) is 6.53. The Kier molecular flexibility index (Phi) is 8.54. The van der Waals surface area contributed by atoms with Crippen molar-refractivity contribution in [3.8, 4) is 0 Å². The Morgan fingerprint density at radius 1 is 0.930 bits per heavy atom. The van der Waals surface area contributed by atoms with Gasteiger partial charge in [-0.2, -0.15) is 0 Å². The number of rotatable bonds is 10. The van der Waals surface area contributed by atoms with Crippen molar-refractivity contribution in [1.82, 2.24) is 20.9 Å². The van der Waals surface area contributed by atoms with Crippen LogP contribution in [0.15, 0.2) is 0 Å². The number of hydrogen-bond acceptors (Lipinski definition) is 5. The van der Waals surface area contributed by atoms with E-state index in [1.807, 2.05) is 20.8 Å². The van der Waals surface area contributed by atoms with E-state index in [9.17, 15) is 32.8 Å². The van der Waals surface area contributed by atoms with Crippen molar-refractivity contribution in [1.29, 1.82) is 0 Å². The maximum atomic E-state index is 14.3. The molecule has 2 unspecified atom stereocenters. The minimum atomic E-state index is -2.95. The number of urea groups is 1. The number of nitrogens with two attached hydrogens (primary N) is 1. The number of ketones is 1. The van der Waals surface area contributed by atoms with Crippen LogP contribution in [0.1, 0.15) is 97.8 Å². The van der Waals surface area contributed by atoms with Crippen LogP contribution in [0.25, 0.3) is 0 Å². The molecule has 5 rings (SSSR count). The molecule has 12 heteroatoms. The molecule has 240 valence electrons. The van der Waals surface area contributed by atoms with E-state index in [4.69, 9.17) is 5.73 Å². The standard InChI is InChI=1S/C31H47F2N5O5/c1-29(2)19-16-38(23(21(19)29)26(41)35-20(24(39)25(34)40)14-18-15-31(18,32)33)27(42)22(17-10-6-4-7-11-17)36-28(43)37-30(3)12-8-5-9-13-30/h17-23H,4-16H2,1-3H3,(H2,34,40)(H,35,41)(H2,36,37,43)/t18?,19-,20?,21-,22-,23-/m0/s1. The number of nitrogens with one attached hydrogen (secondary N) is 3. The summed E-state index contributed by atoms with van der Waals surface area (Å²) in [4.78, 5) is 67.2. The summed E-state index contributed by atoms with van der Waals surface area (Å²) in [5, 5.41) is 8.63. The lowest BCUT2D eigenvalue weighted by molar-refractivity contribution is -0.144. The fourth-order valence-corrected chi connectivity index (χ4v) is 8.22. The van der Waals surface area contributed by atoms with Gasteiger partial charge in [-0.25, -0.2) is 13.6 Å². The second-order valence-electron chi connectivity index (χ2n) is 14.7. The van der Waals surface area contributed by atoms with Crippen molar-refractivity contribution in [3.05, 3.63) is 0 Å². The molecule has 0 aromatic heterocycles. The molecule has 1 heterocycles. The first-order valence-electron chi connectivity index (χ1n) is 16.1. The Morgan fingerprint density at radius 3 is 2.12 bits per heavy atom. The molecule has 1 saturated heterocycles. The molecule has 5 amide bonds. The van der Waals surface area contributed by atoms with Crippen molar-refractivity contribution in [2.45, 2.75) is 127 Å². The molecule has 0 bridgehead atoms. The predicted octanol–water partition coefficient (Wildman–Crippen LogP) is 3.02. The monoisotopic (exact) mass is 607 g/mol. The molecule has 0 spiro atoms. The molecule has 43 heavy (non-hydrogen) atoms. The van der Waals surface area contributed by atoms with Crippen molar-refractivity contribution in [2.75, 3.05) is 6.54 Å². The highest BCUT2D eigenvalue weighted by Crippen LogP contribution is 2.65. The molecule has 5 aliphatic rings. The van der Waals surface area contributed by atoms with Crippen LogP contribution in [-0.2, 0) is 19.2 Å². The van der Waals surface area contributed by atoms with E-state index in [1.165, 1.54) is 4.90 Å². The molecule has 0 aromatic rings. The Bertz CT molecular complexity index is 1150. The Balaban J connectivity index is 1.35. The van der Waals surface area contributed by atoms with Gasteiger partial charge in [0.1, 0.15) is 12.1 Å². The van der Waals surface area contributed by atoms with E-state index in [2.05, 4.69) is 16.0 Å². The average molecular weight is 608 g/mol. The number of likely N-dealkylation sites (tertiary alicyclic amines) is 1. The fraction of sp³-hybridized carbons (Fsp3) is 0.839. The van der Waals surface area contributed by atoms with Crippen LogP contribution in [-0.4, -0.2) is 70.6 Å². The lowest BCUT2D eigenvalue weighted by Gasteiger charge is -2.39. The minimum Gasteiger partial charge on any atom is -0.363 e. The maximum absolute atomic E-state index is 14.3. The average Bonchev–Trinajstić information content (AvgIpc) is 3.60. The van der Waals surface area contributed by atoms with Crippen LogP contribution in [0.3, 0.4) is 0 Å². The highest BCUT2D eigenvalue weighted by molar-refractivity contribution is 6.37. The normalized spacial score (nSPS) is 31.6. The number of amides is 5. The minimum absolute atomic E-state index is 0.0345. The first-order valence-corrected chi connectivity index (χ1v) is 16.1. The van der Waals surface area contributed by atoms with Crippen LogP contribution < -0.4 is 21.7 Å². The topological polar surface area (TPSA) is 151 Å². The number of primary amides is 1. The van der Waals surface area contributed by atoms with Gasteiger partial charge >= 0.3 is 6.03 Å². The van der Waals surface area contributed by atoms with Gasteiger partial charge in [0.05, 0.1) is 6.04 Å². The molecular formula is C31H47F2N5O5. The molecule has 0 aromatic carbocycles. The molecular weight excluding hydrogens is 560 g/mol. The van der Waals surface area contributed by atoms with Crippen LogP contribution >= 0.6 is 0 Å². The smallest absolute Gasteiger partial charge is 0.315 e. The van der Waals surface area contributed by atoms with Gasteiger partial charge < -0.3 is 26.6 Å². The number of Topliss-reactive ketones (excluding diaryl/α,β-unsaturated/α-hetero) is 1. The summed E-state index contributed by atoms with van der Waals surface area (Å²) in [6.45, 7) is 6.36. The van der Waals surface area contributed by atoms with Gasteiger partial charge in [-0.15, -0.1) is 0 Å². The first kappa shape index (κ1) is 31.6. The molecule has 5 N–H and O–H groups in total. The van der Waals surface area contributed by atoms with Crippen LogP contribution in [0, 0.1) is 29.1 Å². The van der Waals surface area contributed by atoms with Gasteiger partial charge in [0, 0.05) is 24.4 Å². The van der Waals surface area contributed by atoms with Crippen molar-refractivity contribution in [2.24, 2.45) is 34.8 Å². The predicted molar refractivity (Wildman–Crippen MR) is 154 cm³/mol. The number of carbonyl (C=O) groups excluding carboxylic acids is 5. The fourth-order valence-electron chi connectivity index (χ4n) is 8.22. The SMILES string of the molecule is CC1(NC(=O)N[C@H](C(=O)N2C[C@H]3[C@@H]([C@H]2C(=O)NC(CC2CC2(F)F)C(=O)C(N)=O)C3(C)C)C2CCCCC2)CCCCC1. The first-order chi connectivity index (χ1) is 20.1. The summed E-state index contributed by atoms with van der Waals surface area (Å²) < 4.78 is 27.4. The number of hydrogen-bond donors (Lipinski definition) is 4. The number of carbonyl (C=O) groups is 5. The van der Waals surface area contributed by atoms with Crippen LogP contribution in [0.4, 0.5) is 13.6 Å². The molecule has 0 radical (unpaired) electrons. The number of nitrogens with zero attached hydrogens (tertiary/aromatic N) is 1. The zero-order valence-electron chi connectivity index (χ0n) is 25.6. The van der Waals surface area contributed by atoms with E-state index in [1.54, 1.807) is 0 Å². The molecule has 5 fully saturated rings. The number of piperidine rings is 1. The lowest BCUT2D eigenvalue weighted by atomic mass is 9.82. The van der Waals surface area contributed by atoms with E-state index in [0.29, 0.717) is 6.54 Å². The largest absolute Gasteiger partial charge is 0.363 e. The van der Waals surface area contributed by atoms with Gasteiger partial charge in [-0.3, -0.25) is 19.2 Å². The Hall–Kier alpha value is -2.79. The zero-order valence-corrected chi connectivity index (χ0v) is 25.6. The van der Waals surface area contributed by atoms with E-state index < -0.39 is 66.4 Å². The summed E-state index contributed by atoms with van der Waals surface area (Å²) in [6, 6.07) is -3.66. The van der Waals surface area contributed by atoms with Gasteiger partial charge in [-0.05, 0) is 62.2 Å². The van der Waals surface area contributed by atoms with E-state index in [0.717, 1.165) is 64.2 Å². The van der Waals surface area contributed by atoms with Gasteiger partial charge in [0.15, 0.2) is 0 Å². The molecule has 4 saturated carbocycles. The zero-order chi connectivity index (χ0) is 31.3. The van der Waals surface area contributed by atoms with Crippen molar-refractivity contribution >= 4 is 29.5 Å². The third-order valence-corrected chi connectivity index (χ3v) is 11.2. The van der Waals surface area contributed by atoms with Gasteiger partial charge in [-0.1, -0.05) is 52.4 Å². The number of halogens is 2. The van der Waals surface area contributed by atoms with Crippen LogP contribution in [0.2, 0.25) is 0 Å². The summed E-state index contributed by atoms with van der Waals surface area (Å²) >= 11 is 0. The maximum Gasteiger partial charge on any atom is 0.315 e. The quantitative estimate of drug-likeness (QED) is 0.282. The molecule has 4 aliphatic carbocycles. The number of alkyl halides is 2. The van der Waals surface area contributed by atoms with Gasteiger partial charge in [0.2, 0.25) is 17.6 Å². The lowest BCUT2D eigenvalue weighted by Crippen LogP contribution is -2.61. The molecule has 1 aliphatic heterocycles. The van der Waals surface area contributed by atoms with Crippen LogP contribution in [0.5, 0.6) is 0 Å². The summed E-state index contributed by atoms with van der Waals surface area (Å²) in [5.41, 5.74) is 4.60. The Labute approximate surface area is 252 Å². The van der Waals surface area contributed by atoms with Crippen molar-refractivity contribution in [3.63, 3.8) is 0 Å². The summed E-state index contributed by atoms with van der Waals surface area (Å²) in [5.74, 6) is -7.77. The summed E-state index contributed by atoms with van der Waals surface area (Å²) in [6.07, 6.45) is 8.62. The Morgan fingerprint density at radius 2 is 1.53 bits per heavy atom. The van der Waals surface area contributed by atoms with Crippen molar-refractivity contribution < 1.29 is 32.8 Å². The molecule has 10 nitrogen and oxygen atoms in total. The van der Waals surface area contributed by atoms with E-state index >= 15 is 0 Å². The summed E-state index contributed by atoms with van der Waals surface area (Å²) in [7, 11) is 0. The molecule has 6 atom stereocenters. The van der Waals surface area contributed by atoms with E-state index in [-0.39, 0.29) is 34.6 Å². The highest BCUT2D eigenvalue weighted by atomic mass is 19.3. The van der Waals surface area contributed by atoms with Gasteiger partial charge in [0.25, 0.3) is 11.8 Å². The number of fused-ring (bicyclic) bond motifs is 1. The highest BCUT2D eigenvalue weighted by Gasteiger charge is 2.70.